The molecule has 28 heavy (non-hydrogen) atoms. The molecule has 3 rings (SSSR count). The molecule has 6 nitrogen and oxygen atoms in total. The lowest BCUT2D eigenvalue weighted by Crippen LogP contribution is -2.38. The van der Waals surface area contributed by atoms with Gasteiger partial charge in [0.15, 0.2) is 5.96 Å². The van der Waals surface area contributed by atoms with E-state index in [0.29, 0.717) is 0 Å². The van der Waals surface area contributed by atoms with Gasteiger partial charge in [0.1, 0.15) is 0 Å². The smallest absolute Gasteiger partial charge is 0.191 e. The molecule has 2 aromatic rings. The standard InChI is InChI=1S/C21H29N5O.HI/c1-2-22-21(24-14-9-19-10-16-27-17-11-19)23-13-8-18-4-6-20(7-5-18)26-15-3-12-25-26;/h3-7,10,12,15H,2,8-9,11,13-14,16-17H2,1H3,(H2,22,23,24);1H. The maximum atomic E-state index is 5.35. The molecule has 7 heteroatoms. The molecule has 0 fully saturated rings. The van der Waals surface area contributed by atoms with Crippen LogP contribution in [-0.4, -0.2) is 48.6 Å². The van der Waals surface area contributed by atoms with Crippen molar-refractivity contribution in [2.24, 2.45) is 4.99 Å². The van der Waals surface area contributed by atoms with Gasteiger partial charge in [-0.25, -0.2) is 4.68 Å². The third-order valence-electron chi connectivity index (χ3n) is 4.52. The van der Waals surface area contributed by atoms with Crippen LogP contribution < -0.4 is 10.6 Å². The highest BCUT2D eigenvalue weighted by molar-refractivity contribution is 14.0. The van der Waals surface area contributed by atoms with E-state index in [2.05, 4.69) is 58.0 Å². The normalized spacial score (nSPS) is 14.2. The molecule has 2 N–H and O–H groups in total. The first-order valence-electron chi connectivity index (χ1n) is 9.72. The number of nitrogens with one attached hydrogen (secondary N) is 2. The molecule has 0 spiro atoms. The number of rotatable bonds is 8. The zero-order valence-electron chi connectivity index (χ0n) is 16.4. The molecule has 152 valence electrons. The van der Waals surface area contributed by atoms with Gasteiger partial charge in [0.25, 0.3) is 0 Å². The van der Waals surface area contributed by atoms with E-state index >= 15 is 0 Å². The van der Waals surface area contributed by atoms with Crippen LogP contribution in [0, 0.1) is 0 Å². The predicted molar refractivity (Wildman–Crippen MR) is 125 cm³/mol. The number of nitrogens with zero attached hydrogens (tertiary/aromatic N) is 3. The predicted octanol–water partition coefficient (Wildman–Crippen LogP) is 3.32. The van der Waals surface area contributed by atoms with Crippen LogP contribution in [-0.2, 0) is 11.2 Å². The van der Waals surface area contributed by atoms with Crippen LogP contribution in [0.15, 0.2) is 59.4 Å². The summed E-state index contributed by atoms with van der Waals surface area (Å²) in [6.45, 7) is 6.19. The number of aromatic nitrogens is 2. The molecule has 0 aliphatic carbocycles. The van der Waals surface area contributed by atoms with E-state index in [1.54, 1.807) is 6.20 Å². The molecule has 1 aliphatic rings. The van der Waals surface area contributed by atoms with Crippen molar-refractivity contribution in [2.75, 3.05) is 32.8 Å². The Labute approximate surface area is 184 Å². The highest BCUT2D eigenvalue weighted by Crippen LogP contribution is 2.11. The first kappa shape index (κ1) is 22.4. The average Bonchev–Trinajstić information content (AvgIpc) is 3.24. The highest BCUT2D eigenvalue weighted by atomic mass is 127. The zero-order valence-corrected chi connectivity index (χ0v) is 18.8. The van der Waals surface area contributed by atoms with Crippen LogP contribution >= 0.6 is 24.0 Å². The van der Waals surface area contributed by atoms with Crippen LogP contribution in [0.1, 0.15) is 25.3 Å². The van der Waals surface area contributed by atoms with E-state index in [9.17, 15) is 0 Å². The van der Waals surface area contributed by atoms with Crippen molar-refractivity contribution < 1.29 is 4.74 Å². The van der Waals surface area contributed by atoms with E-state index in [1.807, 2.05) is 16.9 Å². The lowest BCUT2D eigenvalue weighted by Gasteiger charge is -2.14. The molecule has 0 atom stereocenters. The zero-order chi connectivity index (χ0) is 18.7. The van der Waals surface area contributed by atoms with Gasteiger partial charge >= 0.3 is 0 Å². The van der Waals surface area contributed by atoms with Crippen LogP contribution in [0.2, 0.25) is 0 Å². The van der Waals surface area contributed by atoms with Crippen molar-refractivity contribution in [2.45, 2.75) is 26.2 Å². The molecule has 0 bridgehead atoms. The number of hydrogen-bond acceptors (Lipinski definition) is 3. The lowest BCUT2D eigenvalue weighted by molar-refractivity contribution is 0.153. The summed E-state index contributed by atoms with van der Waals surface area (Å²) in [7, 11) is 0. The Morgan fingerprint density at radius 2 is 2.07 bits per heavy atom. The SMILES string of the molecule is CCNC(=NCCC1=CCOCC1)NCCc1ccc(-n2cccn2)cc1.I. The molecule has 0 unspecified atom stereocenters. The fourth-order valence-electron chi connectivity index (χ4n) is 3.01. The van der Waals surface area contributed by atoms with Gasteiger partial charge in [-0.15, -0.1) is 24.0 Å². The largest absolute Gasteiger partial charge is 0.377 e. The Hall–Kier alpha value is -1.87. The van der Waals surface area contributed by atoms with Crippen molar-refractivity contribution in [3.05, 3.63) is 59.9 Å². The monoisotopic (exact) mass is 495 g/mol. The van der Waals surface area contributed by atoms with Crippen molar-refractivity contribution >= 4 is 29.9 Å². The first-order valence-corrected chi connectivity index (χ1v) is 9.72. The van der Waals surface area contributed by atoms with Crippen molar-refractivity contribution in [3.63, 3.8) is 0 Å². The number of halogens is 1. The number of benzene rings is 1. The van der Waals surface area contributed by atoms with Gasteiger partial charge in [-0.3, -0.25) is 4.99 Å². The molecule has 2 heterocycles. The van der Waals surface area contributed by atoms with Gasteiger partial charge in [-0.2, -0.15) is 5.10 Å². The second-order valence-corrected chi connectivity index (χ2v) is 6.49. The van der Waals surface area contributed by atoms with Gasteiger partial charge in [-0.1, -0.05) is 23.8 Å². The van der Waals surface area contributed by atoms with Gasteiger partial charge in [0, 0.05) is 32.0 Å². The lowest BCUT2D eigenvalue weighted by atomic mass is 10.1. The highest BCUT2D eigenvalue weighted by Gasteiger charge is 2.04. The molecule has 0 amide bonds. The summed E-state index contributed by atoms with van der Waals surface area (Å²) < 4.78 is 7.21. The van der Waals surface area contributed by atoms with Crippen LogP contribution in [0.4, 0.5) is 0 Å². The molecular formula is C21H30IN5O. The summed E-state index contributed by atoms with van der Waals surface area (Å²) in [5.74, 6) is 0.887. The van der Waals surface area contributed by atoms with Crippen molar-refractivity contribution in [1.82, 2.24) is 20.4 Å². The molecule has 1 aromatic heterocycles. The molecule has 1 aromatic carbocycles. The molecule has 0 saturated carbocycles. The van der Waals surface area contributed by atoms with Gasteiger partial charge < -0.3 is 15.4 Å². The second-order valence-electron chi connectivity index (χ2n) is 6.49. The summed E-state index contributed by atoms with van der Waals surface area (Å²) in [5, 5.41) is 11.0. The molecule has 0 saturated heterocycles. The molecular weight excluding hydrogens is 465 g/mol. The fourth-order valence-corrected chi connectivity index (χ4v) is 3.01. The Bertz CT molecular complexity index is 741. The Balaban J connectivity index is 0.00000280. The van der Waals surface area contributed by atoms with Crippen LogP contribution in [0.25, 0.3) is 5.69 Å². The Kier molecular flexibility index (Phi) is 10.1. The third kappa shape index (κ3) is 7.27. The minimum Gasteiger partial charge on any atom is -0.377 e. The number of guanidine groups is 1. The van der Waals surface area contributed by atoms with Crippen LogP contribution in [0.3, 0.4) is 0 Å². The summed E-state index contributed by atoms with van der Waals surface area (Å²) in [6, 6.07) is 10.4. The van der Waals surface area contributed by atoms with E-state index in [0.717, 1.165) is 63.8 Å². The fraction of sp³-hybridized carbons (Fsp3) is 0.429. The summed E-state index contributed by atoms with van der Waals surface area (Å²) in [6.07, 6.45) is 8.92. The summed E-state index contributed by atoms with van der Waals surface area (Å²) in [5.41, 5.74) is 3.83. The van der Waals surface area contributed by atoms with E-state index in [1.165, 1.54) is 11.1 Å². The number of hydrogen-bond donors (Lipinski definition) is 2. The van der Waals surface area contributed by atoms with E-state index < -0.39 is 0 Å². The Morgan fingerprint density at radius 1 is 1.21 bits per heavy atom. The second kappa shape index (κ2) is 12.6. The molecule has 1 aliphatic heterocycles. The molecule has 0 radical (unpaired) electrons. The van der Waals surface area contributed by atoms with Gasteiger partial charge in [-0.05, 0) is 49.9 Å². The van der Waals surface area contributed by atoms with E-state index in [-0.39, 0.29) is 24.0 Å². The van der Waals surface area contributed by atoms with E-state index in [4.69, 9.17) is 4.74 Å². The van der Waals surface area contributed by atoms with Crippen molar-refractivity contribution in [3.8, 4) is 5.69 Å². The third-order valence-corrected chi connectivity index (χ3v) is 4.52. The summed E-state index contributed by atoms with van der Waals surface area (Å²) >= 11 is 0. The van der Waals surface area contributed by atoms with Crippen molar-refractivity contribution in [1.29, 1.82) is 0 Å². The topological polar surface area (TPSA) is 63.5 Å². The number of aliphatic imine (C=N–C) groups is 1. The maximum absolute atomic E-state index is 5.35. The van der Waals surface area contributed by atoms with Crippen LogP contribution in [0.5, 0.6) is 0 Å². The average molecular weight is 495 g/mol. The number of ether oxygens (including phenoxy) is 1. The van der Waals surface area contributed by atoms with Gasteiger partial charge in [0.05, 0.1) is 18.9 Å². The minimum absolute atomic E-state index is 0. The first-order chi connectivity index (χ1) is 13.3. The van der Waals surface area contributed by atoms with Gasteiger partial charge in [0.2, 0.25) is 0 Å². The minimum atomic E-state index is 0. The summed E-state index contributed by atoms with van der Waals surface area (Å²) in [4.78, 5) is 4.69. The quantitative estimate of drug-likeness (QED) is 0.255. The maximum Gasteiger partial charge on any atom is 0.191 e. The Morgan fingerprint density at radius 3 is 2.75 bits per heavy atom.